The Morgan fingerprint density at radius 2 is 1.75 bits per heavy atom. The first-order valence-corrected chi connectivity index (χ1v) is 12.2. The lowest BCUT2D eigenvalue weighted by Crippen LogP contribution is -2.24. The van der Waals surface area contributed by atoms with Gasteiger partial charge >= 0.3 is 0 Å². The van der Waals surface area contributed by atoms with Crippen molar-refractivity contribution in [1.82, 2.24) is 20.1 Å². The summed E-state index contributed by atoms with van der Waals surface area (Å²) < 4.78 is 6.98. The van der Waals surface area contributed by atoms with Crippen molar-refractivity contribution < 1.29 is 14.0 Å². The number of benzene rings is 2. The summed E-state index contributed by atoms with van der Waals surface area (Å²) in [6.45, 7) is 0.976. The van der Waals surface area contributed by atoms with Gasteiger partial charge in [-0.25, -0.2) is 4.98 Å². The number of rotatable bonds is 9. The average molecular weight is 498 g/mol. The monoisotopic (exact) mass is 497 g/mol. The van der Waals surface area contributed by atoms with Gasteiger partial charge in [0, 0.05) is 29.2 Å². The Balaban J connectivity index is 1.23. The van der Waals surface area contributed by atoms with Gasteiger partial charge in [0.15, 0.2) is 10.9 Å². The summed E-state index contributed by atoms with van der Waals surface area (Å²) in [5.41, 5.74) is 4.48. The van der Waals surface area contributed by atoms with E-state index in [4.69, 9.17) is 9.52 Å². The van der Waals surface area contributed by atoms with Crippen molar-refractivity contribution >= 4 is 28.3 Å². The number of nitrogens with zero attached hydrogens (tertiary/aromatic N) is 3. The molecule has 180 valence electrons. The Kier molecular flexibility index (Phi) is 7.00. The molecular weight excluding hydrogens is 474 g/mol. The van der Waals surface area contributed by atoms with Crippen LogP contribution in [0.5, 0.6) is 0 Å². The quantitative estimate of drug-likeness (QED) is 0.306. The van der Waals surface area contributed by atoms with Crippen LogP contribution in [-0.4, -0.2) is 26.6 Å². The second-order valence-electron chi connectivity index (χ2n) is 8.08. The first-order valence-electron chi connectivity index (χ1n) is 11.4. The number of anilines is 1. The van der Waals surface area contributed by atoms with E-state index in [0.29, 0.717) is 23.9 Å². The highest BCUT2D eigenvalue weighted by Crippen LogP contribution is 2.23. The number of thiazole rings is 1. The highest BCUT2D eigenvalue weighted by molar-refractivity contribution is 7.14. The number of hydrogen-bond acceptors (Lipinski definition) is 6. The molecule has 36 heavy (non-hydrogen) atoms. The molecule has 0 bridgehead atoms. The predicted molar refractivity (Wildman–Crippen MR) is 138 cm³/mol. The molecule has 0 aliphatic rings. The summed E-state index contributed by atoms with van der Waals surface area (Å²) in [6.07, 6.45) is 3.51. The summed E-state index contributed by atoms with van der Waals surface area (Å²) in [6, 6.07) is 23.2. The third-order valence-electron chi connectivity index (χ3n) is 5.41. The zero-order valence-corrected chi connectivity index (χ0v) is 20.1. The van der Waals surface area contributed by atoms with E-state index in [0.717, 1.165) is 22.4 Å². The minimum absolute atomic E-state index is 0.103. The lowest BCUT2D eigenvalue weighted by molar-refractivity contribution is -0.120. The molecule has 0 aliphatic carbocycles. The van der Waals surface area contributed by atoms with Crippen LogP contribution in [0.2, 0.25) is 0 Å². The molecular formula is C27H23N5O3S. The van der Waals surface area contributed by atoms with Gasteiger partial charge in [-0.15, -0.1) is 11.3 Å². The SMILES string of the molecule is O=C(Cc1csc(NC(=O)c2ccco2)n1)NCc1cn(Cc2ccccc2)nc1-c1ccccc1. The highest BCUT2D eigenvalue weighted by Gasteiger charge is 2.15. The summed E-state index contributed by atoms with van der Waals surface area (Å²) in [7, 11) is 0. The molecule has 5 aromatic rings. The maximum atomic E-state index is 12.7. The molecule has 3 aromatic heterocycles. The number of carbonyl (C=O) groups excluding carboxylic acids is 2. The van der Waals surface area contributed by atoms with E-state index < -0.39 is 0 Å². The largest absolute Gasteiger partial charge is 0.459 e. The molecule has 9 heteroatoms. The van der Waals surface area contributed by atoms with Gasteiger partial charge in [-0.3, -0.25) is 19.6 Å². The van der Waals surface area contributed by atoms with E-state index in [-0.39, 0.29) is 24.0 Å². The zero-order chi connectivity index (χ0) is 24.7. The van der Waals surface area contributed by atoms with Crippen LogP contribution in [0.1, 0.15) is 27.4 Å². The van der Waals surface area contributed by atoms with Gasteiger partial charge in [0.05, 0.1) is 30.6 Å². The third kappa shape index (κ3) is 5.76. The number of carbonyl (C=O) groups is 2. The van der Waals surface area contributed by atoms with Crippen LogP contribution in [-0.2, 0) is 24.3 Å². The van der Waals surface area contributed by atoms with Crippen LogP contribution in [0.4, 0.5) is 5.13 Å². The van der Waals surface area contributed by atoms with E-state index in [1.165, 1.54) is 17.6 Å². The first kappa shape index (κ1) is 23.3. The molecule has 3 heterocycles. The van der Waals surface area contributed by atoms with Crippen molar-refractivity contribution in [3.05, 3.63) is 113 Å². The second-order valence-corrected chi connectivity index (χ2v) is 8.94. The summed E-state index contributed by atoms with van der Waals surface area (Å²) in [4.78, 5) is 29.1. The van der Waals surface area contributed by atoms with Crippen LogP contribution in [0, 0.1) is 0 Å². The molecule has 2 N–H and O–H groups in total. The van der Waals surface area contributed by atoms with E-state index >= 15 is 0 Å². The third-order valence-corrected chi connectivity index (χ3v) is 6.21. The minimum Gasteiger partial charge on any atom is -0.459 e. The standard InChI is InChI=1S/C27H23N5O3S/c33-24(14-22-18-36-27(29-22)30-26(34)23-12-7-13-35-23)28-15-21-17-32(16-19-8-3-1-4-9-19)31-25(21)20-10-5-2-6-11-20/h1-13,17-18H,14-16H2,(H,28,33)(H,29,30,34). The van der Waals surface area contributed by atoms with Gasteiger partial charge in [-0.2, -0.15) is 5.10 Å². The van der Waals surface area contributed by atoms with Crippen molar-refractivity contribution in [3.8, 4) is 11.3 Å². The number of hydrogen-bond donors (Lipinski definition) is 2. The molecule has 0 saturated carbocycles. The van der Waals surface area contributed by atoms with Crippen molar-refractivity contribution in [2.45, 2.75) is 19.5 Å². The molecule has 8 nitrogen and oxygen atoms in total. The maximum absolute atomic E-state index is 12.7. The molecule has 0 spiro atoms. The van der Waals surface area contributed by atoms with E-state index in [1.54, 1.807) is 17.5 Å². The molecule has 0 radical (unpaired) electrons. The molecule has 0 aliphatic heterocycles. The zero-order valence-electron chi connectivity index (χ0n) is 19.3. The maximum Gasteiger partial charge on any atom is 0.293 e. The molecule has 0 fully saturated rings. The molecule has 5 rings (SSSR count). The summed E-state index contributed by atoms with van der Waals surface area (Å²) in [5, 5.41) is 12.6. The number of furan rings is 1. The van der Waals surface area contributed by atoms with E-state index in [1.807, 2.05) is 59.4 Å². The van der Waals surface area contributed by atoms with Crippen LogP contribution >= 0.6 is 11.3 Å². The minimum atomic E-state index is -0.383. The van der Waals surface area contributed by atoms with Gasteiger partial charge < -0.3 is 9.73 Å². The van der Waals surface area contributed by atoms with Crippen LogP contribution < -0.4 is 10.6 Å². The van der Waals surface area contributed by atoms with Gasteiger partial charge in [0.25, 0.3) is 5.91 Å². The van der Waals surface area contributed by atoms with Crippen LogP contribution in [0.25, 0.3) is 11.3 Å². The van der Waals surface area contributed by atoms with E-state index in [9.17, 15) is 9.59 Å². The van der Waals surface area contributed by atoms with Crippen molar-refractivity contribution in [2.24, 2.45) is 0 Å². The van der Waals surface area contributed by atoms with Crippen LogP contribution in [0.3, 0.4) is 0 Å². The van der Waals surface area contributed by atoms with E-state index in [2.05, 4.69) is 27.8 Å². The van der Waals surface area contributed by atoms with Gasteiger partial charge in [0.2, 0.25) is 5.91 Å². The molecule has 0 saturated heterocycles. The molecule has 2 amide bonds. The number of aromatic nitrogens is 3. The van der Waals surface area contributed by atoms with Crippen LogP contribution in [0.15, 0.2) is 95.1 Å². The number of nitrogens with one attached hydrogen (secondary N) is 2. The summed E-state index contributed by atoms with van der Waals surface area (Å²) >= 11 is 1.26. The normalized spacial score (nSPS) is 10.8. The lowest BCUT2D eigenvalue weighted by atomic mass is 10.1. The Hall–Kier alpha value is -4.50. The first-order chi connectivity index (χ1) is 17.6. The fourth-order valence-corrected chi connectivity index (χ4v) is 4.42. The fraction of sp³-hybridized carbons (Fsp3) is 0.111. The fourth-order valence-electron chi connectivity index (χ4n) is 3.72. The Bertz CT molecular complexity index is 1440. The Labute approximate surface area is 211 Å². The van der Waals surface area contributed by atoms with Gasteiger partial charge in [-0.05, 0) is 17.7 Å². The second kappa shape index (κ2) is 10.8. The topological polar surface area (TPSA) is 102 Å². The Morgan fingerprint density at radius 1 is 0.972 bits per heavy atom. The Morgan fingerprint density at radius 3 is 2.50 bits per heavy atom. The smallest absolute Gasteiger partial charge is 0.293 e. The van der Waals surface area contributed by atoms with Crippen molar-refractivity contribution in [2.75, 3.05) is 5.32 Å². The highest BCUT2D eigenvalue weighted by atomic mass is 32.1. The summed E-state index contributed by atoms with van der Waals surface area (Å²) in [5.74, 6) is -0.350. The van der Waals surface area contributed by atoms with Gasteiger partial charge in [0.1, 0.15) is 0 Å². The molecule has 0 unspecified atom stereocenters. The predicted octanol–water partition coefficient (Wildman–Crippen LogP) is 4.76. The average Bonchev–Trinajstić information content (AvgIpc) is 3.66. The molecule has 0 atom stereocenters. The van der Waals surface area contributed by atoms with Crippen molar-refractivity contribution in [3.63, 3.8) is 0 Å². The molecule has 2 aromatic carbocycles. The van der Waals surface area contributed by atoms with Crippen molar-refractivity contribution in [1.29, 1.82) is 0 Å². The number of amides is 2. The van der Waals surface area contributed by atoms with Gasteiger partial charge in [-0.1, -0.05) is 60.7 Å². The lowest BCUT2D eigenvalue weighted by Gasteiger charge is -2.05.